The summed E-state index contributed by atoms with van der Waals surface area (Å²) >= 11 is 0. The lowest BCUT2D eigenvalue weighted by atomic mass is 10.1. The fraction of sp³-hybridized carbons (Fsp3) is 0.364. The molecule has 0 saturated heterocycles. The molecule has 1 atom stereocenters. The van der Waals surface area contributed by atoms with Gasteiger partial charge >= 0.3 is 0 Å². The van der Waals surface area contributed by atoms with Gasteiger partial charge in [0.25, 0.3) is 5.91 Å². The highest BCUT2D eigenvalue weighted by atomic mass is 16.3. The summed E-state index contributed by atoms with van der Waals surface area (Å²) < 4.78 is 0. The number of carbonyl (C=O) groups excluding carboxylic acids is 1. The Labute approximate surface area is 89.1 Å². The second kappa shape index (κ2) is 4.79. The molecule has 0 heterocycles. The molecule has 0 radical (unpaired) electrons. The molecule has 15 heavy (non-hydrogen) atoms. The minimum Gasteiger partial charge on any atom is -0.399 e. The van der Waals surface area contributed by atoms with E-state index >= 15 is 0 Å². The van der Waals surface area contributed by atoms with Crippen molar-refractivity contribution in [3.05, 3.63) is 29.3 Å². The summed E-state index contributed by atoms with van der Waals surface area (Å²) in [5.74, 6) is -0.195. The van der Waals surface area contributed by atoms with E-state index in [4.69, 9.17) is 10.8 Å². The van der Waals surface area contributed by atoms with Gasteiger partial charge in [-0.25, -0.2) is 0 Å². The Balaban J connectivity index is 2.70. The van der Waals surface area contributed by atoms with Crippen molar-refractivity contribution in [3.63, 3.8) is 0 Å². The number of aliphatic hydroxyl groups is 1. The van der Waals surface area contributed by atoms with E-state index in [2.05, 4.69) is 5.32 Å². The minimum absolute atomic E-state index is 0.195. The van der Waals surface area contributed by atoms with E-state index in [1.54, 1.807) is 25.1 Å². The highest BCUT2D eigenvalue weighted by Gasteiger charge is 2.07. The maximum absolute atomic E-state index is 11.5. The first-order chi connectivity index (χ1) is 7.00. The summed E-state index contributed by atoms with van der Waals surface area (Å²) in [5.41, 5.74) is 7.74. The minimum atomic E-state index is -0.538. The maximum Gasteiger partial charge on any atom is 0.251 e. The molecule has 0 saturated carbocycles. The van der Waals surface area contributed by atoms with E-state index in [9.17, 15) is 4.79 Å². The van der Waals surface area contributed by atoms with Gasteiger partial charge in [0.15, 0.2) is 0 Å². The molecule has 0 aliphatic rings. The van der Waals surface area contributed by atoms with Gasteiger partial charge in [-0.2, -0.15) is 0 Å². The number of hydrogen-bond donors (Lipinski definition) is 3. The van der Waals surface area contributed by atoms with E-state index < -0.39 is 6.10 Å². The van der Waals surface area contributed by atoms with E-state index in [1.807, 2.05) is 6.92 Å². The number of hydrogen-bond acceptors (Lipinski definition) is 3. The van der Waals surface area contributed by atoms with Crippen LogP contribution < -0.4 is 11.1 Å². The average Bonchev–Trinajstić information content (AvgIpc) is 2.18. The van der Waals surface area contributed by atoms with Gasteiger partial charge in [-0.15, -0.1) is 0 Å². The first-order valence-electron chi connectivity index (χ1n) is 4.83. The van der Waals surface area contributed by atoms with Crippen LogP contribution in [0.25, 0.3) is 0 Å². The van der Waals surface area contributed by atoms with Crippen LogP contribution in [0.2, 0.25) is 0 Å². The lowest BCUT2D eigenvalue weighted by molar-refractivity contribution is 0.0924. The van der Waals surface area contributed by atoms with Gasteiger partial charge in [0.1, 0.15) is 0 Å². The van der Waals surface area contributed by atoms with Gasteiger partial charge in [0, 0.05) is 17.8 Å². The summed E-state index contributed by atoms with van der Waals surface area (Å²) in [5, 5.41) is 11.6. The van der Waals surface area contributed by atoms with Crippen molar-refractivity contribution in [2.75, 3.05) is 12.3 Å². The van der Waals surface area contributed by atoms with Gasteiger partial charge in [-0.3, -0.25) is 4.79 Å². The predicted molar refractivity (Wildman–Crippen MR) is 59.6 cm³/mol. The number of amides is 1. The monoisotopic (exact) mass is 208 g/mol. The van der Waals surface area contributed by atoms with Crippen molar-refractivity contribution < 1.29 is 9.90 Å². The van der Waals surface area contributed by atoms with Crippen molar-refractivity contribution in [2.45, 2.75) is 20.0 Å². The molecule has 0 aliphatic carbocycles. The number of carbonyl (C=O) groups is 1. The van der Waals surface area contributed by atoms with Crippen LogP contribution in [0.15, 0.2) is 18.2 Å². The molecule has 4 nitrogen and oxygen atoms in total. The number of nitrogens with two attached hydrogens (primary N) is 1. The van der Waals surface area contributed by atoms with Crippen LogP contribution in [-0.4, -0.2) is 23.7 Å². The third-order valence-electron chi connectivity index (χ3n) is 2.09. The smallest absolute Gasteiger partial charge is 0.251 e. The number of aliphatic hydroxyl groups excluding tert-OH is 1. The average molecular weight is 208 g/mol. The first kappa shape index (κ1) is 11.5. The maximum atomic E-state index is 11.5. The van der Waals surface area contributed by atoms with Crippen LogP contribution in [0.1, 0.15) is 22.8 Å². The second-order valence-corrected chi connectivity index (χ2v) is 3.63. The molecule has 0 aromatic heterocycles. The molecule has 1 unspecified atom stereocenters. The topological polar surface area (TPSA) is 75.3 Å². The van der Waals surface area contributed by atoms with Gasteiger partial charge in [0.2, 0.25) is 0 Å². The molecule has 0 bridgehead atoms. The van der Waals surface area contributed by atoms with Crippen LogP contribution >= 0.6 is 0 Å². The van der Waals surface area contributed by atoms with Crippen LogP contribution in [-0.2, 0) is 0 Å². The number of benzene rings is 1. The standard InChI is InChI=1S/C11H16N2O2/c1-7-5-9(3-4-10(7)12)11(15)13-6-8(2)14/h3-5,8,14H,6,12H2,1-2H3,(H,13,15). The SMILES string of the molecule is Cc1cc(C(=O)NCC(C)O)ccc1N. The summed E-state index contributed by atoms with van der Waals surface area (Å²) in [6.07, 6.45) is -0.538. The van der Waals surface area contributed by atoms with Crippen LogP contribution in [0, 0.1) is 6.92 Å². The van der Waals surface area contributed by atoms with Crippen molar-refractivity contribution in [3.8, 4) is 0 Å². The van der Waals surface area contributed by atoms with Crippen molar-refractivity contribution in [1.29, 1.82) is 0 Å². The number of nitrogen functional groups attached to an aromatic ring is 1. The van der Waals surface area contributed by atoms with Crippen LogP contribution in [0.4, 0.5) is 5.69 Å². The van der Waals surface area contributed by atoms with Crippen LogP contribution in [0.3, 0.4) is 0 Å². The highest BCUT2D eigenvalue weighted by molar-refractivity contribution is 5.94. The second-order valence-electron chi connectivity index (χ2n) is 3.63. The molecule has 1 rings (SSSR count). The zero-order valence-corrected chi connectivity index (χ0v) is 8.95. The molecule has 0 spiro atoms. The predicted octanol–water partition coefficient (Wildman–Crippen LogP) is 0.688. The van der Waals surface area contributed by atoms with E-state index in [0.717, 1.165) is 5.56 Å². The third-order valence-corrected chi connectivity index (χ3v) is 2.09. The highest BCUT2D eigenvalue weighted by Crippen LogP contribution is 2.12. The summed E-state index contributed by atoms with van der Waals surface area (Å²) in [6.45, 7) is 3.72. The Hall–Kier alpha value is -1.55. The third kappa shape index (κ3) is 3.25. The zero-order valence-electron chi connectivity index (χ0n) is 8.95. The van der Waals surface area contributed by atoms with Gasteiger partial charge in [0.05, 0.1) is 6.10 Å². The van der Waals surface area contributed by atoms with Gasteiger partial charge in [-0.1, -0.05) is 0 Å². The number of rotatable bonds is 3. The van der Waals surface area contributed by atoms with Crippen molar-refractivity contribution >= 4 is 11.6 Å². The molecular formula is C11H16N2O2. The Morgan fingerprint density at radius 1 is 1.60 bits per heavy atom. The number of nitrogens with one attached hydrogen (secondary N) is 1. The fourth-order valence-corrected chi connectivity index (χ4v) is 1.16. The molecular weight excluding hydrogens is 192 g/mol. The van der Waals surface area contributed by atoms with E-state index in [1.165, 1.54) is 0 Å². The summed E-state index contributed by atoms with van der Waals surface area (Å²) in [4.78, 5) is 11.5. The molecule has 4 N–H and O–H groups in total. The summed E-state index contributed by atoms with van der Waals surface area (Å²) in [6, 6.07) is 5.10. The molecule has 1 aromatic rings. The Bertz CT molecular complexity index is 362. The number of anilines is 1. The first-order valence-corrected chi connectivity index (χ1v) is 4.83. The quantitative estimate of drug-likeness (QED) is 0.640. The zero-order chi connectivity index (χ0) is 11.4. The van der Waals surface area contributed by atoms with Crippen molar-refractivity contribution in [2.24, 2.45) is 0 Å². The Morgan fingerprint density at radius 3 is 2.80 bits per heavy atom. The van der Waals surface area contributed by atoms with Crippen LogP contribution in [0.5, 0.6) is 0 Å². The Kier molecular flexibility index (Phi) is 3.68. The molecule has 4 heteroatoms. The molecule has 82 valence electrons. The molecule has 0 fully saturated rings. The normalized spacial score (nSPS) is 12.2. The lowest BCUT2D eigenvalue weighted by Crippen LogP contribution is -2.30. The van der Waals surface area contributed by atoms with Gasteiger partial charge < -0.3 is 16.2 Å². The molecule has 1 aromatic carbocycles. The fourth-order valence-electron chi connectivity index (χ4n) is 1.16. The number of aryl methyl sites for hydroxylation is 1. The van der Waals surface area contributed by atoms with E-state index in [0.29, 0.717) is 11.3 Å². The lowest BCUT2D eigenvalue weighted by Gasteiger charge is -2.08. The largest absolute Gasteiger partial charge is 0.399 e. The molecule has 1 amide bonds. The van der Waals surface area contributed by atoms with Gasteiger partial charge in [-0.05, 0) is 37.6 Å². The Morgan fingerprint density at radius 2 is 2.27 bits per heavy atom. The summed E-state index contributed by atoms with van der Waals surface area (Å²) in [7, 11) is 0. The molecule has 0 aliphatic heterocycles. The van der Waals surface area contributed by atoms with E-state index in [-0.39, 0.29) is 12.5 Å². The van der Waals surface area contributed by atoms with Crippen molar-refractivity contribution in [1.82, 2.24) is 5.32 Å².